The van der Waals surface area contributed by atoms with Crippen molar-refractivity contribution in [3.05, 3.63) is 101 Å². The van der Waals surface area contributed by atoms with Gasteiger partial charge < -0.3 is 24.3 Å². The molecule has 0 aliphatic carbocycles. The Morgan fingerprint density at radius 1 is 1.00 bits per heavy atom. The van der Waals surface area contributed by atoms with Gasteiger partial charge >= 0.3 is 5.97 Å². The molecule has 0 spiro atoms. The second-order valence-corrected chi connectivity index (χ2v) is 8.60. The van der Waals surface area contributed by atoms with Gasteiger partial charge in [0.25, 0.3) is 0 Å². The zero-order chi connectivity index (χ0) is 25.5. The van der Waals surface area contributed by atoms with Crippen molar-refractivity contribution < 1.29 is 23.7 Å². The molecule has 37 heavy (non-hydrogen) atoms. The summed E-state index contributed by atoms with van der Waals surface area (Å²) in [5.41, 5.74) is 4.97. The van der Waals surface area contributed by atoms with E-state index < -0.39 is 18.1 Å². The van der Waals surface area contributed by atoms with Crippen molar-refractivity contribution in [3.8, 4) is 17.2 Å². The number of methoxy groups -OCH3 is 3. The predicted molar refractivity (Wildman–Crippen MR) is 136 cm³/mol. The minimum absolute atomic E-state index is 0.395. The molecule has 3 heterocycles. The van der Waals surface area contributed by atoms with E-state index in [0.29, 0.717) is 23.0 Å². The summed E-state index contributed by atoms with van der Waals surface area (Å²) >= 11 is 0. The van der Waals surface area contributed by atoms with Gasteiger partial charge in [0.15, 0.2) is 0 Å². The number of hydrogen-bond donors (Lipinski definition) is 1. The van der Waals surface area contributed by atoms with Gasteiger partial charge in [-0.2, -0.15) is 10.1 Å². The Morgan fingerprint density at radius 2 is 1.81 bits per heavy atom. The van der Waals surface area contributed by atoms with E-state index in [-0.39, 0.29) is 0 Å². The third-order valence-corrected chi connectivity index (χ3v) is 6.69. The van der Waals surface area contributed by atoms with E-state index in [1.165, 1.54) is 13.4 Å². The van der Waals surface area contributed by atoms with Crippen LogP contribution in [0.5, 0.6) is 17.2 Å². The molecular weight excluding hydrogens is 472 g/mol. The Hall–Kier alpha value is -4.79. The normalized spacial score (nSPS) is 17.5. The first-order chi connectivity index (χ1) is 18.1. The van der Waals surface area contributed by atoms with Crippen molar-refractivity contribution in [1.82, 2.24) is 14.8 Å². The van der Waals surface area contributed by atoms with Gasteiger partial charge in [-0.25, -0.2) is 9.48 Å². The first-order valence-corrected chi connectivity index (χ1v) is 11.7. The second kappa shape index (κ2) is 9.02. The summed E-state index contributed by atoms with van der Waals surface area (Å²) in [4.78, 5) is 16.5. The first kappa shape index (κ1) is 22.7. The summed E-state index contributed by atoms with van der Waals surface area (Å²) in [5.74, 6) is 2.29. The summed E-state index contributed by atoms with van der Waals surface area (Å²) < 4.78 is 24.6. The van der Waals surface area contributed by atoms with E-state index in [1.54, 1.807) is 26.4 Å². The molecule has 3 aromatic carbocycles. The summed E-state index contributed by atoms with van der Waals surface area (Å²) in [7, 11) is 4.62. The fourth-order valence-corrected chi connectivity index (χ4v) is 4.95. The number of benzene rings is 3. The zero-order valence-corrected chi connectivity index (χ0v) is 20.5. The van der Waals surface area contributed by atoms with Crippen LogP contribution in [0.4, 0.5) is 5.95 Å². The van der Waals surface area contributed by atoms with Crippen molar-refractivity contribution in [2.75, 3.05) is 26.6 Å². The number of para-hydroxylation sites is 1. The molecule has 9 nitrogen and oxygen atoms in total. The largest absolute Gasteiger partial charge is 0.497 e. The number of anilines is 1. The smallest absolute Gasteiger partial charge is 0.337 e. The fraction of sp³-hybridized carbons (Fsp3) is 0.179. The lowest BCUT2D eigenvalue weighted by Crippen LogP contribution is -2.32. The van der Waals surface area contributed by atoms with Crippen LogP contribution in [-0.2, 0) is 4.74 Å². The quantitative estimate of drug-likeness (QED) is 0.399. The van der Waals surface area contributed by atoms with Crippen LogP contribution in [0.3, 0.4) is 0 Å². The van der Waals surface area contributed by atoms with Gasteiger partial charge in [-0.1, -0.05) is 24.3 Å². The average Bonchev–Trinajstić information content (AvgIpc) is 3.43. The molecule has 2 aliphatic rings. The van der Waals surface area contributed by atoms with Crippen molar-refractivity contribution in [2.24, 2.45) is 0 Å². The van der Waals surface area contributed by atoms with Crippen LogP contribution in [0.2, 0.25) is 0 Å². The maximum absolute atomic E-state index is 12.0. The number of esters is 1. The van der Waals surface area contributed by atoms with Crippen molar-refractivity contribution in [3.63, 3.8) is 0 Å². The van der Waals surface area contributed by atoms with E-state index >= 15 is 0 Å². The number of carbonyl (C=O) groups excluding carboxylic acids is 1. The molecular formula is C28H24N4O5. The van der Waals surface area contributed by atoms with Crippen LogP contribution >= 0.6 is 0 Å². The Balaban J connectivity index is 1.58. The Kier molecular flexibility index (Phi) is 5.52. The molecule has 0 unspecified atom stereocenters. The van der Waals surface area contributed by atoms with Gasteiger partial charge in [0.2, 0.25) is 5.95 Å². The van der Waals surface area contributed by atoms with Crippen LogP contribution in [0.1, 0.15) is 39.2 Å². The molecule has 0 bridgehead atoms. The molecule has 6 rings (SSSR count). The second-order valence-electron chi connectivity index (χ2n) is 8.60. The van der Waals surface area contributed by atoms with Crippen LogP contribution in [-0.4, -0.2) is 42.1 Å². The zero-order valence-electron chi connectivity index (χ0n) is 20.5. The SMILES string of the molecule is COC(=O)c1ccc([C@H]2Oc3ccccc3C3=C2[C@H](c2ccc(OC)cc2OC)n2ncnc2N3)cc1. The molecule has 186 valence electrons. The minimum atomic E-state index is -0.488. The number of nitrogens with zero attached hydrogens (tertiary/aromatic N) is 3. The van der Waals surface area contributed by atoms with Crippen molar-refractivity contribution >= 4 is 17.6 Å². The molecule has 4 aromatic rings. The summed E-state index contributed by atoms with van der Waals surface area (Å²) in [5, 5.41) is 8.04. The Morgan fingerprint density at radius 3 is 2.57 bits per heavy atom. The number of ether oxygens (including phenoxy) is 4. The summed E-state index contributed by atoms with van der Waals surface area (Å²) in [6.07, 6.45) is 1.04. The molecule has 2 aliphatic heterocycles. The lowest BCUT2D eigenvalue weighted by Gasteiger charge is -2.39. The number of hydrogen-bond acceptors (Lipinski definition) is 8. The maximum Gasteiger partial charge on any atom is 0.337 e. The molecule has 0 amide bonds. The van der Waals surface area contributed by atoms with E-state index in [2.05, 4.69) is 15.4 Å². The summed E-state index contributed by atoms with van der Waals surface area (Å²) in [6, 6.07) is 20.5. The third-order valence-electron chi connectivity index (χ3n) is 6.69. The van der Waals surface area contributed by atoms with E-state index in [0.717, 1.165) is 33.7 Å². The maximum atomic E-state index is 12.0. The van der Waals surface area contributed by atoms with Crippen molar-refractivity contribution in [2.45, 2.75) is 12.1 Å². The monoisotopic (exact) mass is 496 g/mol. The van der Waals surface area contributed by atoms with Gasteiger partial charge in [0, 0.05) is 22.8 Å². The Labute approximate surface area is 213 Å². The highest BCUT2D eigenvalue weighted by atomic mass is 16.5. The van der Waals surface area contributed by atoms with E-state index in [1.807, 2.05) is 59.3 Å². The number of fused-ring (bicyclic) bond motifs is 3. The third kappa shape index (κ3) is 3.67. The molecule has 0 saturated carbocycles. The number of rotatable bonds is 5. The molecule has 2 atom stereocenters. The lowest BCUT2D eigenvalue weighted by atomic mass is 9.84. The molecule has 0 fully saturated rings. The van der Waals surface area contributed by atoms with Crippen LogP contribution in [0.25, 0.3) is 5.70 Å². The highest BCUT2D eigenvalue weighted by Crippen LogP contribution is 2.52. The molecule has 9 heteroatoms. The van der Waals surface area contributed by atoms with Gasteiger partial charge in [-0.3, -0.25) is 0 Å². The highest BCUT2D eigenvalue weighted by Gasteiger charge is 2.42. The fourth-order valence-electron chi connectivity index (χ4n) is 4.95. The predicted octanol–water partition coefficient (Wildman–Crippen LogP) is 4.64. The standard InChI is InChI=1S/C28H24N4O5/c1-34-18-12-13-20(22(14-18)35-2)25-23-24(31-28-29-15-30-32(25)28)19-6-4-5-7-21(19)37-26(23)16-8-10-17(11-9-16)27(33)36-3/h4-15,25-26H,1-3H3,(H,29,30,31)/t25-,26+/m0/s1. The minimum Gasteiger partial charge on any atom is -0.497 e. The number of carbonyl (C=O) groups is 1. The first-order valence-electron chi connectivity index (χ1n) is 11.7. The molecule has 1 aromatic heterocycles. The van der Waals surface area contributed by atoms with Gasteiger partial charge in [-0.15, -0.1) is 0 Å². The number of nitrogens with one attached hydrogen (secondary N) is 1. The molecule has 0 saturated heterocycles. The van der Waals surface area contributed by atoms with Crippen LogP contribution in [0.15, 0.2) is 78.6 Å². The average molecular weight is 497 g/mol. The van der Waals surface area contributed by atoms with Gasteiger partial charge in [0.05, 0.1) is 32.6 Å². The van der Waals surface area contributed by atoms with Gasteiger partial charge in [0.1, 0.15) is 35.7 Å². The molecule has 1 N–H and O–H groups in total. The van der Waals surface area contributed by atoms with E-state index in [4.69, 9.17) is 18.9 Å². The van der Waals surface area contributed by atoms with Crippen LogP contribution < -0.4 is 19.5 Å². The lowest BCUT2D eigenvalue weighted by molar-refractivity contribution is 0.0600. The van der Waals surface area contributed by atoms with Gasteiger partial charge in [-0.05, 0) is 42.0 Å². The summed E-state index contributed by atoms with van der Waals surface area (Å²) in [6.45, 7) is 0. The van der Waals surface area contributed by atoms with E-state index in [9.17, 15) is 4.79 Å². The van der Waals surface area contributed by atoms with Crippen molar-refractivity contribution in [1.29, 1.82) is 0 Å². The molecule has 0 radical (unpaired) electrons. The number of aromatic nitrogens is 3. The topological polar surface area (TPSA) is 96.7 Å². The highest BCUT2D eigenvalue weighted by molar-refractivity contribution is 5.89. The Bertz CT molecular complexity index is 1530. The van der Waals surface area contributed by atoms with Crippen LogP contribution in [0, 0.1) is 0 Å².